The molecule has 0 heterocycles. The van der Waals surface area contributed by atoms with Crippen LogP contribution in [0.1, 0.15) is 37.8 Å². The van der Waals surface area contributed by atoms with Crippen molar-refractivity contribution < 1.29 is 22.4 Å². The summed E-state index contributed by atoms with van der Waals surface area (Å²) in [6, 6.07) is 21.4. The first-order chi connectivity index (χ1) is 18.9. The fraction of sp³-hybridized carbons (Fsp3) is 0.333. The van der Waals surface area contributed by atoms with Gasteiger partial charge in [0.1, 0.15) is 11.9 Å². The van der Waals surface area contributed by atoms with Crippen LogP contribution >= 0.6 is 15.9 Å². The van der Waals surface area contributed by atoms with Gasteiger partial charge in [-0.2, -0.15) is 0 Å². The van der Waals surface area contributed by atoms with Gasteiger partial charge in [-0.3, -0.25) is 13.9 Å². The van der Waals surface area contributed by atoms with E-state index in [1.165, 1.54) is 24.3 Å². The molecule has 2 amide bonds. The third kappa shape index (κ3) is 9.45. The number of nitrogens with zero attached hydrogens (tertiary/aromatic N) is 2. The quantitative estimate of drug-likeness (QED) is 0.277. The number of carbonyl (C=O) groups excluding carboxylic acids is 2. The zero-order valence-electron chi connectivity index (χ0n) is 22.9. The molecule has 0 spiro atoms. The Kier molecular flexibility index (Phi) is 11.3. The number of benzene rings is 3. The zero-order valence-corrected chi connectivity index (χ0v) is 25.3. The van der Waals surface area contributed by atoms with Gasteiger partial charge in [-0.1, -0.05) is 58.4 Å². The third-order valence-corrected chi connectivity index (χ3v) is 7.90. The third-order valence-electron chi connectivity index (χ3n) is 6.21. The Morgan fingerprint density at radius 2 is 1.60 bits per heavy atom. The van der Waals surface area contributed by atoms with Crippen LogP contribution in [-0.2, 0) is 32.6 Å². The second-order valence-corrected chi connectivity index (χ2v) is 12.8. The molecular weight excluding hydrogens is 597 g/mol. The summed E-state index contributed by atoms with van der Waals surface area (Å²) in [7, 11) is -3.67. The van der Waals surface area contributed by atoms with Gasteiger partial charge in [-0.05, 0) is 67.8 Å². The van der Waals surface area contributed by atoms with E-state index in [9.17, 15) is 22.4 Å². The van der Waals surface area contributed by atoms with Gasteiger partial charge in [-0.15, -0.1) is 0 Å². The van der Waals surface area contributed by atoms with Gasteiger partial charge in [0.15, 0.2) is 0 Å². The fourth-order valence-electron chi connectivity index (χ4n) is 4.38. The summed E-state index contributed by atoms with van der Waals surface area (Å²) in [5.41, 5.74) is 2.08. The van der Waals surface area contributed by atoms with E-state index in [1.807, 2.05) is 68.4 Å². The first-order valence-electron chi connectivity index (χ1n) is 13.1. The Labute approximate surface area is 244 Å². The summed E-state index contributed by atoms with van der Waals surface area (Å²) in [5.74, 6) is -1.00. The molecular formula is C30H35BrFN3O4S. The van der Waals surface area contributed by atoms with E-state index < -0.39 is 21.9 Å². The van der Waals surface area contributed by atoms with Gasteiger partial charge in [-0.25, -0.2) is 12.8 Å². The highest BCUT2D eigenvalue weighted by Gasteiger charge is 2.31. The Morgan fingerprint density at radius 1 is 0.950 bits per heavy atom. The summed E-state index contributed by atoms with van der Waals surface area (Å²) >= 11 is 3.48. The van der Waals surface area contributed by atoms with Gasteiger partial charge in [0.2, 0.25) is 21.8 Å². The number of halogens is 2. The average molecular weight is 633 g/mol. The Hall–Kier alpha value is -3.24. The maximum Gasteiger partial charge on any atom is 0.243 e. The topological polar surface area (TPSA) is 86.8 Å². The lowest BCUT2D eigenvalue weighted by molar-refractivity contribution is -0.141. The van der Waals surface area contributed by atoms with Crippen molar-refractivity contribution in [3.8, 4) is 0 Å². The molecule has 1 N–H and O–H groups in total. The minimum absolute atomic E-state index is 0.0153. The van der Waals surface area contributed by atoms with E-state index in [2.05, 4.69) is 21.2 Å². The van der Waals surface area contributed by atoms with Crippen LogP contribution in [-0.4, -0.2) is 50.0 Å². The maximum absolute atomic E-state index is 13.8. The van der Waals surface area contributed by atoms with Gasteiger partial charge in [0.05, 0.1) is 11.9 Å². The van der Waals surface area contributed by atoms with Crippen molar-refractivity contribution in [2.24, 2.45) is 0 Å². The number of nitrogens with one attached hydrogen (secondary N) is 1. The molecule has 0 aliphatic rings. The van der Waals surface area contributed by atoms with Gasteiger partial charge in [0.25, 0.3) is 0 Å². The number of hydrogen-bond acceptors (Lipinski definition) is 4. The molecule has 7 nitrogen and oxygen atoms in total. The molecule has 40 heavy (non-hydrogen) atoms. The summed E-state index contributed by atoms with van der Waals surface area (Å²) < 4.78 is 40.4. The van der Waals surface area contributed by atoms with Crippen molar-refractivity contribution in [1.29, 1.82) is 0 Å². The smallest absolute Gasteiger partial charge is 0.243 e. The average Bonchev–Trinajstić information content (AvgIpc) is 2.89. The summed E-state index contributed by atoms with van der Waals surface area (Å²) in [6.07, 6.45) is 1.62. The summed E-state index contributed by atoms with van der Waals surface area (Å²) in [4.78, 5) is 28.8. The number of hydrogen-bond donors (Lipinski definition) is 1. The van der Waals surface area contributed by atoms with Gasteiger partial charge in [0, 0.05) is 36.4 Å². The lowest BCUT2D eigenvalue weighted by atomic mass is 10.0. The van der Waals surface area contributed by atoms with Crippen molar-refractivity contribution in [2.45, 2.75) is 51.7 Å². The molecule has 0 aliphatic heterocycles. The minimum atomic E-state index is -3.67. The standard InChI is InChI=1S/C30H35BrFN3O4S/c1-22(2)33-30(37)28(20-23-9-5-4-6-10-23)34(21-24-11-7-12-25(31)19-24)29(36)13-8-18-35(40(3,38)39)27-16-14-26(32)15-17-27/h4-7,9-12,14-17,19,22,28H,8,13,18,20-21H2,1-3H3,(H,33,37)/t28-/m1/s1. The molecule has 3 rings (SSSR count). The van der Waals surface area contributed by atoms with Crippen LogP contribution in [0.2, 0.25) is 0 Å². The monoisotopic (exact) mass is 631 g/mol. The van der Waals surface area contributed by atoms with Crippen molar-refractivity contribution in [2.75, 3.05) is 17.1 Å². The highest BCUT2D eigenvalue weighted by Crippen LogP contribution is 2.21. The number of sulfonamides is 1. The Morgan fingerprint density at radius 3 is 2.20 bits per heavy atom. The van der Waals surface area contributed by atoms with E-state index in [0.717, 1.165) is 26.2 Å². The van der Waals surface area contributed by atoms with Crippen LogP contribution in [0.15, 0.2) is 83.3 Å². The maximum atomic E-state index is 13.8. The molecule has 1 atom stereocenters. The highest BCUT2D eigenvalue weighted by atomic mass is 79.9. The Bertz CT molecular complexity index is 1390. The first-order valence-corrected chi connectivity index (χ1v) is 15.7. The van der Waals surface area contributed by atoms with Crippen LogP contribution < -0.4 is 9.62 Å². The number of carbonyl (C=O) groups is 2. The predicted octanol–water partition coefficient (Wildman–Crippen LogP) is 5.30. The summed E-state index contributed by atoms with van der Waals surface area (Å²) in [5, 5.41) is 2.96. The second kappa shape index (κ2) is 14.4. The van der Waals surface area contributed by atoms with Gasteiger partial charge < -0.3 is 10.2 Å². The molecule has 214 valence electrons. The van der Waals surface area contributed by atoms with Crippen molar-refractivity contribution >= 4 is 43.5 Å². The molecule has 3 aromatic carbocycles. The minimum Gasteiger partial charge on any atom is -0.352 e. The summed E-state index contributed by atoms with van der Waals surface area (Å²) in [6.45, 7) is 3.97. The lowest BCUT2D eigenvalue weighted by Crippen LogP contribution is -2.51. The molecule has 0 aliphatic carbocycles. The van der Waals surface area contributed by atoms with Crippen molar-refractivity contribution in [1.82, 2.24) is 10.2 Å². The molecule has 0 fully saturated rings. The second-order valence-electron chi connectivity index (χ2n) is 9.94. The highest BCUT2D eigenvalue weighted by molar-refractivity contribution is 9.10. The molecule has 0 saturated carbocycles. The molecule has 0 unspecified atom stereocenters. The van der Waals surface area contributed by atoms with E-state index in [1.54, 1.807) is 4.90 Å². The number of anilines is 1. The van der Waals surface area contributed by atoms with E-state index >= 15 is 0 Å². The van der Waals surface area contributed by atoms with Crippen LogP contribution in [0.25, 0.3) is 0 Å². The fourth-order valence-corrected chi connectivity index (χ4v) is 5.79. The Balaban J connectivity index is 1.87. The SMILES string of the molecule is CC(C)NC(=O)[C@@H](Cc1ccccc1)N(Cc1cccc(Br)c1)C(=O)CCCN(c1ccc(F)cc1)S(C)(=O)=O. The largest absolute Gasteiger partial charge is 0.352 e. The van der Waals surface area contributed by atoms with Crippen LogP contribution in [0.5, 0.6) is 0 Å². The molecule has 0 bridgehead atoms. The van der Waals surface area contributed by atoms with Crippen LogP contribution in [0.3, 0.4) is 0 Å². The normalized spacial score (nSPS) is 12.2. The number of amides is 2. The predicted molar refractivity (Wildman–Crippen MR) is 160 cm³/mol. The lowest BCUT2D eigenvalue weighted by Gasteiger charge is -2.32. The van der Waals surface area contributed by atoms with Crippen molar-refractivity contribution in [3.05, 3.63) is 100 Å². The van der Waals surface area contributed by atoms with Gasteiger partial charge >= 0.3 is 0 Å². The van der Waals surface area contributed by atoms with Crippen LogP contribution in [0.4, 0.5) is 10.1 Å². The van der Waals surface area contributed by atoms with Crippen molar-refractivity contribution in [3.63, 3.8) is 0 Å². The first kappa shape index (κ1) is 31.3. The molecule has 0 aromatic heterocycles. The zero-order chi connectivity index (χ0) is 29.3. The molecule has 3 aromatic rings. The number of rotatable bonds is 13. The molecule has 0 saturated heterocycles. The van der Waals surface area contributed by atoms with E-state index in [4.69, 9.17) is 0 Å². The molecule has 0 radical (unpaired) electrons. The van der Waals surface area contributed by atoms with Crippen LogP contribution in [0, 0.1) is 5.82 Å². The molecule has 10 heteroatoms. The van der Waals surface area contributed by atoms with E-state index in [0.29, 0.717) is 12.1 Å². The van der Waals surface area contributed by atoms with E-state index in [-0.39, 0.29) is 43.8 Å².